The molecular formula is C16H17FN2O. The quantitative estimate of drug-likeness (QED) is 0.842. The van der Waals surface area contributed by atoms with Gasteiger partial charge < -0.3 is 5.32 Å². The molecule has 4 heteroatoms. The van der Waals surface area contributed by atoms with E-state index in [1.807, 2.05) is 0 Å². The number of hydrogen-bond donors (Lipinski definition) is 1. The number of benzene rings is 1. The fourth-order valence-electron chi connectivity index (χ4n) is 3.51. The minimum atomic E-state index is -0.663. The molecule has 2 heterocycles. The number of carbonyl (C=O) groups excluding carboxylic acids is 1. The first kappa shape index (κ1) is 13.3. The van der Waals surface area contributed by atoms with Crippen LogP contribution in [0.2, 0.25) is 0 Å². The number of Topliss-reactive ketones (excluding diaryl/α,β-unsaturated/α-hetero) is 1. The second kappa shape index (κ2) is 5.34. The van der Waals surface area contributed by atoms with Gasteiger partial charge in [0, 0.05) is 18.0 Å². The summed E-state index contributed by atoms with van der Waals surface area (Å²) in [4.78, 5) is 12.5. The van der Waals surface area contributed by atoms with Crippen molar-refractivity contribution in [2.24, 2.45) is 5.92 Å². The minimum absolute atomic E-state index is 0.0509. The van der Waals surface area contributed by atoms with Gasteiger partial charge in [-0.2, -0.15) is 5.26 Å². The highest BCUT2D eigenvalue weighted by molar-refractivity contribution is 5.98. The maximum atomic E-state index is 14.1. The van der Waals surface area contributed by atoms with Crippen LogP contribution in [0, 0.1) is 23.1 Å². The third kappa shape index (κ3) is 2.34. The van der Waals surface area contributed by atoms with Crippen molar-refractivity contribution in [3.63, 3.8) is 0 Å². The molecule has 2 aliphatic rings. The summed E-state index contributed by atoms with van der Waals surface area (Å²) in [5.41, 5.74) is 0.0269. The average molecular weight is 272 g/mol. The monoisotopic (exact) mass is 272 g/mol. The molecule has 0 aliphatic carbocycles. The lowest BCUT2D eigenvalue weighted by molar-refractivity contribution is 0.0821. The Labute approximate surface area is 117 Å². The molecule has 0 saturated carbocycles. The molecule has 1 aromatic carbocycles. The largest absolute Gasteiger partial charge is 0.311 e. The van der Waals surface area contributed by atoms with Crippen molar-refractivity contribution >= 4 is 5.78 Å². The summed E-state index contributed by atoms with van der Waals surface area (Å²) in [5, 5.41) is 12.4. The maximum absolute atomic E-state index is 14.1. The molecule has 1 aromatic rings. The molecule has 2 aliphatic heterocycles. The SMILES string of the molecule is N#Cc1cccc(C(=O)C2CC3CCCC(C2)N3)c1F. The summed E-state index contributed by atoms with van der Waals surface area (Å²) in [7, 11) is 0. The van der Waals surface area contributed by atoms with E-state index in [0.29, 0.717) is 12.1 Å². The summed E-state index contributed by atoms with van der Waals surface area (Å²) < 4.78 is 14.1. The standard InChI is InChI=1S/C16H17FN2O/c17-15-10(9-18)3-1-6-14(15)16(20)11-7-12-4-2-5-13(8-11)19-12/h1,3,6,11-13,19H,2,4-5,7-8H2. The van der Waals surface area contributed by atoms with Crippen molar-refractivity contribution in [3.05, 3.63) is 35.1 Å². The zero-order chi connectivity index (χ0) is 14.1. The lowest BCUT2D eigenvalue weighted by atomic mass is 9.77. The Morgan fingerprint density at radius 3 is 2.65 bits per heavy atom. The first-order chi connectivity index (χ1) is 9.69. The second-order valence-electron chi connectivity index (χ2n) is 5.80. The van der Waals surface area contributed by atoms with Crippen LogP contribution in [0.5, 0.6) is 0 Å². The molecule has 0 radical (unpaired) electrons. The Bertz CT molecular complexity index is 566. The minimum Gasteiger partial charge on any atom is -0.311 e. The predicted molar refractivity (Wildman–Crippen MR) is 72.7 cm³/mol. The number of nitrogens with one attached hydrogen (secondary N) is 1. The third-order valence-corrected chi connectivity index (χ3v) is 4.47. The fraction of sp³-hybridized carbons (Fsp3) is 0.500. The number of ketones is 1. The number of rotatable bonds is 2. The molecule has 3 nitrogen and oxygen atoms in total. The van der Waals surface area contributed by atoms with Gasteiger partial charge in [-0.25, -0.2) is 4.39 Å². The van der Waals surface area contributed by atoms with Crippen LogP contribution in [-0.2, 0) is 0 Å². The predicted octanol–water partition coefficient (Wildman–Crippen LogP) is 2.80. The molecule has 2 atom stereocenters. The molecule has 20 heavy (non-hydrogen) atoms. The second-order valence-corrected chi connectivity index (χ2v) is 5.80. The number of halogens is 1. The van der Waals surface area contributed by atoms with E-state index in [0.717, 1.165) is 25.7 Å². The van der Waals surface area contributed by atoms with Crippen LogP contribution in [0.25, 0.3) is 0 Å². The van der Waals surface area contributed by atoms with Crippen molar-refractivity contribution in [1.29, 1.82) is 5.26 Å². The molecule has 1 N–H and O–H groups in total. The summed E-state index contributed by atoms with van der Waals surface area (Å²) in [5.74, 6) is -0.920. The van der Waals surface area contributed by atoms with Gasteiger partial charge in [0.05, 0.1) is 11.1 Å². The van der Waals surface area contributed by atoms with E-state index in [1.54, 1.807) is 12.1 Å². The van der Waals surface area contributed by atoms with Crippen LogP contribution < -0.4 is 5.32 Å². The molecule has 0 amide bonds. The van der Waals surface area contributed by atoms with Crippen LogP contribution in [0.3, 0.4) is 0 Å². The van der Waals surface area contributed by atoms with Gasteiger partial charge in [0.1, 0.15) is 6.07 Å². The smallest absolute Gasteiger partial charge is 0.169 e. The van der Waals surface area contributed by atoms with Gasteiger partial charge in [-0.1, -0.05) is 12.5 Å². The molecule has 2 bridgehead atoms. The number of hydrogen-bond acceptors (Lipinski definition) is 3. The Morgan fingerprint density at radius 1 is 1.30 bits per heavy atom. The van der Waals surface area contributed by atoms with Crippen LogP contribution in [0.1, 0.15) is 48.0 Å². The average Bonchev–Trinajstić information content (AvgIpc) is 2.46. The topological polar surface area (TPSA) is 52.9 Å². The van der Waals surface area contributed by atoms with E-state index in [1.165, 1.54) is 18.6 Å². The Morgan fingerprint density at radius 2 is 2.00 bits per heavy atom. The number of nitrogens with zero attached hydrogens (tertiary/aromatic N) is 1. The molecule has 3 rings (SSSR count). The summed E-state index contributed by atoms with van der Waals surface area (Å²) in [6.07, 6.45) is 4.97. The number of nitriles is 1. The van der Waals surface area contributed by atoms with E-state index >= 15 is 0 Å². The van der Waals surface area contributed by atoms with Crippen molar-refractivity contribution in [1.82, 2.24) is 5.32 Å². The number of fused-ring (bicyclic) bond motifs is 2. The van der Waals surface area contributed by atoms with Gasteiger partial charge in [-0.05, 0) is 37.8 Å². The maximum Gasteiger partial charge on any atom is 0.169 e. The van der Waals surface area contributed by atoms with Crippen molar-refractivity contribution < 1.29 is 9.18 Å². The van der Waals surface area contributed by atoms with E-state index < -0.39 is 5.82 Å². The van der Waals surface area contributed by atoms with Gasteiger partial charge in [0.2, 0.25) is 0 Å². The molecule has 2 unspecified atom stereocenters. The molecule has 2 saturated heterocycles. The first-order valence-corrected chi connectivity index (χ1v) is 7.18. The zero-order valence-corrected chi connectivity index (χ0v) is 11.2. The Hall–Kier alpha value is -1.73. The first-order valence-electron chi connectivity index (χ1n) is 7.18. The van der Waals surface area contributed by atoms with Crippen molar-refractivity contribution in [2.45, 2.75) is 44.2 Å². The van der Waals surface area contributed by atoms with Crippen molar-refractivity contribution in [3.8, 4) is 6.07 Å². The summed E-state index contributed by atoms with van der Waals surface area (Å²) in [6.45, 7) is 0. The normalized spacial score (nSPS) is 28.7. The lowest BCUT2D eigenvalue weighted by Gasteiger charge is -2.39. The van der Waals surface area contributed by atoms with Crippen LogP contribution in [0.15, 0.2) is 18.2 Å². The fourth-order valence-corrected chi connectivity index (χ4v) is 3.51. The van der Waals surface area contributed by atoms with Crippen LogP contribution in [0.4, 0.5) is 4.39 Å². The van der Waals surface area contributed by atoms with Gasteiger partial charge in [-0.15, -0.1) is 0 Å². The highest BCUT2D eigenvalue weighted by Gasteiger charge is 2.35. The van der Waals surface area contributed by atoms with Crippen LogP contribution in [-0.4, -0.2) is 17.9 Å². The van der Waals surface area contributed by atoms with E-state index in [-0.39, 0.29) is 22.8 Å². The van der Waals surface area contributed by atoms with Gasteiger partial charge in [-0.3, -0.25) is 4.79 Å². The number of carbonyl (C=O) groups is 1. The van der Waals surface area contributed by atoms with Crippen LogP contribution >= 0.6 is 0 Å². The Balaban J connectivity index is 1.84. The zero-order valence-electron chi connectivity index (χ0n) is 11.2. The van der Waals surface area contributed by atoms with Gasteiger partial charge in [0.15, 0.2) is 11.6 Å². The molecular weight excluding hydrogens is 255 g/mol. The highest BCUT2D eigenvalue weighted by Crippen LogP contribution is 2.32. The van der Waals surface area contributed by atoms with Gasteiger partial charge >= 0.3 is 0 Å². The highest BCUT2D eigenvalue weighted by atomic mass is 19.1. The molecule has 0 aromatic heterocycles. The summed E-state index contributed by atoms with van der Waals surface area (Å²) >= 11 is 0. The van der Waals surface area contributed by atoms with Gasteiger partial charge in [0.25, 0.3) is 0 Å². The van der Waals surface area contributed by atoms with E-state index in [2.05, 4.69) is 5.32 Å². The summed E-state index contributed by atoms with van der Waals surface area (Å²) in [6, 6.07) is 7.05. The van der Waals surface area contributed by atoms with Crippen molar-refractivity contribution in [2.75, 3.05) is 0 Å². The molecule has 0 spiro atoms. The van der Waals surface area contributed by atoms with E-state index in [4.69, 9.17) is 5.26 Å². The molecule has 104 valence electrons. The lowest BCUT2D eigenvalue weighted by Crippen LogP contribution is -2.50. The third-order valence-electron chi connectivity index (χ3n) is 4.47. The molecule has 2 fully saturated rings. The van der Waals surface area contributed by atoms with E-state index in [9.17, 15) is 9.18 Å². The number of piperidine rings is 2. The Kier molecular flexibility index (Phi) is 3.54.